The maximum absolute atomic E-state index is 5.51. The predicted octanol–water partition coefficient (Wildman–Crippen LogP) is 1.11. The number of rotatable bonds is 8. The van der Waals surface area contributed by atoms with E-state index in [1.807, 2.05) is 0 Å². The number of hydrogen-bond donors (Lipinski definition) is 1. The zero-order valence-electron chi connectivity index (χ0n) is 11.6. The highest BCUT2D eigenvalue weighted by atomic mass is 16.5. The highest BCUT2D eigenvalue weighted by molar-refractivity contribution is 4.68. The van der Waals surface area contributed by atoms with Crippen LogP contribution in [0, 0.1) is 0 Å². The standard InChI is InChI=1S/C13H28N2O2/c1-12(2)16-9-4-5-14-6-7-15-8-10-17-13(3)11-15/h12-14H,4-11H2,1-3H3. The molecule has 0 aromatic heterocycles. The predicted molar refractivity (Wildman–Crippen MR) is 70.4 cm³/mol. The van der Waals surface area contributed by atoms with Gasteiger partial charge in [0.25, 0.3) is 0 Å². The SMILES string of the molecule is CC(C)OCCCNCCN1CCOC(C)C1. The second kappa shape index (κ2) is 8.86. The molecule has 0 aromatic carbocycles. The summed E-state index contributed by atoms with van der Waals surface area (Å²) in [6, 6.07) is 0. The van der Waals surface area contributed by atoms with Gasteiger partial charge in [0.2, 0.25) is 0 Å². The van der Waals surface area contributed by atoms with Gasteiger partial charge in [0.05, 0.1) is 18.8 Å². The fourth-order valence-corrected chi connectivity index (χ4v) is 1.97. The van der Waals surface area contributed by atoms with Crippen LogP contribution in [0.2, 0.25) is 0 Å². The quantitative estimate of drug-likeness (QED) is 0.649. The largest absolute Gasteiger partial charge is 0.379 e. The first-order valence-corrected chi connectivity index (χ1v) is 6.84. The van der Waals surface area contributed by atoms with E-state index < -0.39 is 0 Å². The second-order valence-corrected chi connectivity index (χ2v) is 5.01. The minimum Gasteiger partial charge on any atom is -0.379 e. The molecule has 1 N–H and O–H groups in total. The summed E-state index contributed by atoms with van der Waals surface area (Å²) >= 11 is 0. The Morgan fingerprint density at radius 1 is 1.41 bits per heavy atom. The third-order valence-corrected chi connectivity index (χ3v) is 2.88. The molecule has 0 aliphatic carbocycles. The summed E-state index contributed by atoms with van der Waals surface area (Å²) < 4.78 is 11.0. The lowest BCUT2D eigenvalue weighted by molar-refractivity contribution is -0.0176. The molecule has 1 saturated heterocycles. The van der Waals surface area contributed by atoms with Crippen molar-refractivity contribution in [2.24, 2.45) is 0 Å². The molecule has 0 amide bonds. The molecule has 1 unspecified atom stereocenters. The molecule has 1 fully saturated rings. The van der Waals surface area contributed by atoms with Crippen LogP contribution in [0.15, 0.2) is 0 Å². The van der Waals surface area contributed by atoms with Crippen molar-refractivity contribution in [3.63, 3.8) is 0 Å². The van der Waals surface area contributed by atoms with Gasteiger partial charge in [-0.15, -0.1) is 0 Å². The third kappa shape index (κ3) is 7.71. The van der Waals surface area contributed by atoms with Crippen LogP contribution < -0.4 is 5.32 Å². The molecule has 1 atom stereocenters. The summed E-state index contributed by atoms with van der Waals surface area (Å²) in [4.78, 5) is 2.46. The number of hydrogen-bond acceptors (Lipinski definition) is 4. The lowest BCUT2D eigenvalue weighted by Crippen LogP contribution is -2.44. The average molecular weight is 244 g/mol. The molecular weight excluding hydrogens is 216 g/mol. The molecule has 0 aromatic rings. The number of nitrogens with one attached hydrogen (secondary N) is 1. The van der Waals surface area contributed by atoms with E-state index >= 15 is 0 Å². The van der Waals surface area contributed by atoms with Gasteiger partial charge in [-0.1, -0.05) is 0 Å². The maximum atomic E-state index is 5.51. The Labute approximate surface area is 106 Å². The fraction of sp³-hybridized carbons (Fsp3) is 1.00. The van der Waals surface area contributed by atoms with Gasteiger partial charge in [-0.2, -0.15) is 0 Å². The number of morpholine rings is 1. The molecule has 1 heterocycles. The van der Waals surface area contributed by atoms with E-state index in [0.717, 1.165) is 52.4 Å². The van der Waals surface area contributed by atoms with Gasteiger partial charge in [0.1, 0.15) is 0 Å². The zero-order chi connectivity index (χ0) is 12.5. The summed E-state index contributed by atoms with van der Waals surface area (Å²) in [5.41, 5.74) is 0. The van der Waals surface area contributed by atoms with E-state index in [4.69, 9.17) is 9.47 Å². The van der Waals surface area contributed by atoms with Crippen molar-refractivity contribution in [3.8, 4) is 0 Å². The van der Waals surface area contributed by atoms with Crippen molar-refractivity contribution < 1.29 is 9.47 Å². The van der Waals surface area contributed by atoms with E-state index in [2.05, 4.69) is 31.0 Å². The molecule has 4 heteroatoms. The highest BCUT2D eigenvalue weighted by Crippen LogP contribution is 2.02. The summed E-state index contributed by atoms with van der Waals surface area (Å²) in [7, 11) is 0. The lowest BCUT2D eigenvalue weighted by atomic mass is 10.3. The third-order valence-electron chi connectivity index (χ3n) is 2.88. The summed E-state index contributed by atoms with van der Waals surface area (Å²) in [5, 5.41) is 3.46. The molecule has 17 heavy (non-hydrogen) atoms. The van der Waals surface area contributed by atoms with Crippen LogP contribution in [0.5, 0.6) is 0 Å². The van der Waals surface area contributed by atoms with E-state index in [-0.39, 0.29) is 0 Å². The molecule has 0 bridgehead atoms. The Morgan fingerprint density at radius 2 is 2.24 bits per heavy atom. The van der Waals surface area contributed by atoms with Gasteiger partial charge < -0.3 is 14.8 Å². The number of nitrogens with zero attached hydrogens (tertiary/aromatic N) is 1. The second-order valence-electron chi connectivity index (χ2n) is 5.01. The first kappa shape index (κ1) is 14.9. The Balaban J connectivity index is 1.86. The topological polar surface area (TPSA) is 33.7 Å². The van der Waals surface area contributed by atoms with Crippen LogP contribution in [0.25, 0.3) is 0 Å². The molecular formula is C13H28N2O2. The summed E-state index contributed by atoms with van der Waals surface area (Å²) in [6.07, 6.45) is 1.84. The minimum absolute atomic E-state index is 0.352. The first-order valence-electron chi connectivity index (χ1n) is 6.84. The van der Waals surface area contributed by atoms with E-state index in [9.17, 15) is 0 Å². The lowest BCUT2D eigenvalue weighted by Gasteiger charge is -2.31. The van der Waals surface area contributed by atoms with Crippen LogP contribution in [-0.4, -0.2) is 63.0 Å². The summed E-state index contributed by atoms with van der Waals surface area (Å²) in [6.45, 7) is 13.4. The Hall–Kier alpha value is -0.160. The van der Waals surface area contributed by atoms with Crippen LogP contribution in [0.4, 0.5) is 0 Å². The Morgan fingerprint density at radius 3 is 2.94 bits per heavy atom. The van der Waals surface area contributed by atoms with Crippen molar-refractivity contribution in [1.29, 1.82) is 0 Å². The molecule has 4 nitrogen and oxygen atoms in total. The minimum atomic E-state index is 0.352. The van der Waals surface area contributed by atoms with Crippen molar-refractivity contribution >= 4 is 0 Å². The van der Waals surface area contributed by atoms with Gasteiger partial charge in [0, 0.05) is 32.8 Å². The molecule has 0 radical (unpaired) electrons. The normalized spacial score (nSPS) is 22.2. The molecule has 102 valence electrons. The van der Waals surface area contributed by atoms with E-state index in [1.165, 1.54) is 0 Å². The smallest absolute Gasteiger partial charge is 0.0674 e. The summed E-state index contributed by atoms with van der Waals surface area (Å²) in [5.74, 6) is 0. The average Bonchev–Trinajstić information content (AvgIpc) is 2.27. The number of ether oxygens (including phenoxy) is 2. The van der Waals surface area contributed by atoms with Gasteiger partial charge in [-0.3, -0.25) is 4.90 Å². The van der Waals surface area contributed by atoms with Gasteiger partial charge in [-0.25, -0.2) is 0 Å². The van der Waals surface area contributed by atoms with Crippen molar-refractivity contribution in [2.45, 2.75) is 39.4 Å². The molecule has 1 aliphatic heterocycles. The zero-order valence-corrected chi connectivity index (χ0v) is 11.6. The van der Waals surface area contributed by atoms with Crippen LogP contribution in [0.3, 0.4) is 0 Å². The van der Waals surface area contributed by atoms with Crippen molar-refractivity contribution in [1.82, 2.24) is 10.2 Å². The van der Waals surface area contributed by atoms with Gasteiger partial charge >= 0.3 is 0 Å². The van der Waals surface area contributed by atoms with Gasteiger partial charge in [0.15, 0.2) is 0 Å². The van der Waals surface area contributed by atoms with E-state index in [1.54, 1.807) is 0 Å². The molecule has 1 aliphatic rings. The highest BCUT2D eigenvalue weighted by Gasteiger charge is 2.15. The Bertz CT molecular complexity index is 188. The fourth-order valence-electron chi connectivity index (χ4n) is 1.97. The van der Waals surface area contributed by atoms with Crippen molar-refractivity contribution in [2.75, 3.05) is 45.9 Å². The molecule has 0 spiro atoms. The van der Waals surface area contributed by atoms with Crippen LogP contribution in [-0.2, 0) is 9.47 Å². The monoisotopic (exact) mass is 244 g/mol. The van der Waals surface area contributed by atoms with Crippen molar-refractivity contribution in [3.05, 3.63) is 0 Å². The maximum Gasteiger partial charge on any atom is 0.0674 e. The molecule has 0 saturated carbocycles. The Kier molecular flexibility index (Phi) is 7.77. The first-order chi connectivity index (χ1) is 8.18. The van der Waals surface area contributed by atoms with Crippen LogP contribution >= 0.6 is 0 Å². The van der Waals surface area contributed by atoms with E-state index in [0.29, 0.717) is 12.2 Å². The van der Waals surface area contributed by atoms with Crippen LogP contribution in [0.1, 0.15) is 27.2 Å². The van der Waals surface area contributed by atoms with Gasteiger partial charge in [-0.05, 0) is 33.7 Å². The molecule has 1 rings (SSSR count).